The van der Waals surface area contributed by atoms with E-state index in [0.717, 1.165) is 41.2 Å². The number of benzene rings is 2. The van der Waals surface area contributed by atoms with Crippen molar-refractivity contribution in [2.75, 3.05) is 0 Å². The molecule has 0 N–H and O–H groups in total. The Bertz CT molecular complexity index is 1150. The lowest BCUT2D eigenvalue weighted by Gasteiger charge is -2.11. The summed E-state index contributed by atoms with van der Waals surface area (Å²) in [4.78, 5) is 9.31. The average molecular weight is 376 g/mol. The Balaban J connectivity index is 1.77. The molecule has 0 saturated carbocycles. The van der Waals surface area contributed by atoms with Crippen molar-refractivity contribution in [3.8, 4) is 17.5 Å². The molecule has 0 unspecified atom stereocenters. The van der Waals surface area contributed by atoms with E-state index in [9.17, 15) is 0 Å². The predicted octanol–water partition coefficient (Wildman–Crippen LogP) is 4.88. The highest BCUT2D eigenvalue weighted by atomic mass is 35.5. The number of aryl methyl sites for hydroxylation is 1. The van der Waals surface area contributed by atoms with Crippen molar-refractivity contribution in [1.29, 1.82) is 5.26 Å². The summed E-state index contributed by atoms with van der Waals surface area (Å²) in [6.45, 7) is 3.62. The van der Waals surface area contributed by atoms with Gasteiger partial charge in [-0.1, -0.05) is 30.7 Å². The summed E-state index contributed by atoms with van der Waals surface area (Å²) in [5.74, 6) is 1.80. The normalized spacial score (nSPS) is 11.0. The lowest BCUT2D eigenvalue weighted by molar-refractivity contribution is 0.627. The second-order valence-corrected chi connectivity index (χ2v) is 6.82. The van der Waals surface area contributed by atoms with Crippen LogP contribution in [0, 0.1) is 11.3 Å². The molecule has 0 aliphatic heterocycles. The molecule has 0 fully saturated rings. The Labute approximate surface area is 162 Å². The van der Waals surface area contributed by atoms with Crippen LogP contribution in [-0.2, 0) is 13.1 Å². The average Bonchev–Trinajstić information content (AvgIpc) is 3.27. The van der Waals surface area contributed by atoms with E-state index in [1.165, 1.54) is 0 Å². The van der Waals surface area contributed by atoms with Gasteiger partial charge in [0.2, 0.25) is 0 Å². The van der Waals surface area contributed by atoms with Crippen LogP contribution in [0.3, 0.4) is 0 Å². The van der Waals surface area contributed by atoms with Crippen molar-refractivity contribution < 1.29 is 0 Å². The minimum absolute atomic E-state index is 0.596. The van der Waals surface area contributed by atoms with Crippen LogP contribution in [0.1, 0.15) is 24.7 Å². The molecule has 27 heavy (non-hydrogen) atoms. The Hall–Kier alpha value is -3.10. The second-order valence-electron chi connectivity index (χ2n) is 6.38. The largest absolute Gasteiger partial charge is 0.326 e. The van der Waals surface area contributed by atoms with E-state index in [1.807, 2.05) is 48.7 Å². The van der Waals surface area contributed by atoms with Crippen LogP contribution < -0.4 is 0 Å². The molecule has 4 rings (SSSR count). The summed E-state index contributed by atoms with van der Waals surface area (Å²) in [6.07, 6.45) is 4.74. The maximum atomic E-state index is 9.16. The van der Waals surface area contributed by atoms with Crippen LogP contribution >= 0.6 is 11.6 Å². The molecule has 0 aliphatic rings. The molecule has 6 heteroatoms. The standard InChI is InChI=1S/C21H18ClN5/c1-2-9-27-19-7-6-15(13-23)11-18(19)25-20(27)14-26-10-8-24-21(26)16-4-3-5-17(22)12-16/h3-8,10-12H,2,9,14H2,1H3. The fourth-order valence-corrected chi connectivity index (χ4v) is 3.51. The van der Waals surface area contributed by atoms with E-state index in [-0.39, 0.29) is 0 Å². The molecular formula is C21H18ClN5. The first-order valence-corrected chi connectivity index (χ1v) is 9.23. The van der Waals surface area contributed by atoms with Crippen molar-refractivity contribution >= 4 is 22.6 Å². The highest BCUT2D eigenvalue weighted by Gasteiger charge is 2.14. The molecule has 0 amide bonds. The monoisotopic (exact) mass is 375 g/mol. The number of rotatable bonds is 5. The number of fused-ring (bicyclic) bond motifs is 1. The van der Waals surface area contributed by atoms with Gasteiger partial charge < -0.3 is 9.13 Å². The highest BCUT2D eigenvalue weighted by Crippen LogP contribution is 2.24. The van der Waals surface area contributed by atoms with Crippen molar-refractivity contribution in [2.45, 2.75) is 26.4 Å². The van der Waals surface area contributed by atoms with E-state index in [2.05, 4.69) is 27.1 Å². The SMILES string of the molecule is CCCn1c(Cn2ccnc2-c2cccc(Cl)c2)nc2cc(C#N)ccc21. The number of imidazole rings is 2. The maximum Gasteiger partial charge on any atom is 0.140 e. The molecule has 0 atom stereocenters. The fourth-order valence-electron chi connectivity index (χ4n) is 3.32. The number of hydrogen-bond acceptors (Lipinski definition) is 3. The van der Waals surface area contributed by atoms with E-state index < -0.39 is 0 Å². The topological polar surface area (TPSA) is 59.4 Å². The molecule has 0 radical (unpaired) electrons. The molecule has 0 bridgehead atoms. The number of nitriles is 1. The molecule has 0 saturated heterocycles. The molecule has 2 aromatic heterocycles. The summed E-state index contributed by atoms with van der Waals surface area (Å²) in [7, 11) is 0. The van der Waals surface area contributed by atoms with E-state index >= 15 is 0 Å². The summed E-state index contributed by atoms with van der Waals surface area (Å²) in [5.41, 5.74) is 3.49. The Morgan fingerprint density at radius 1 is 1.19 bits per heavy atom. The van der Waals surface area contributed by atoms with Gasteiger partial charge in [-0.15, -0.1) is 0 Å². The molecule has 134 valence electrons. The smallest absolute Gasteiger partial charge is 0.140 e. The quantitative estimate of drug-likeness (QED) is 0.499. The van der Waals surface area contributed by atoms with E-state index in [1.54, 1.807) is 6.20 Å². The van der Waals surface area contributed by atoms with Crippen LogP contribution in [0.5, 0.6) is 0 Å². The first kappa shape index (κ1) is 17.3. The second kappa shape index (κ2) is 7.26. The van der Waals surface area contributed by atoms with Gasteiger partial charge in [-0.05, 0) is 36.8 Å². The Kier molecular flexibility index (Phi) is 4.66. The van der Waals surface area contributed by atoms with Crippen LogP contribution in [0.4, 0.5) is 0 Å². The van der Waals surface area contributed by atoms with Gasteiger partial charge in [0, 0.05) is 29.5 Å². The summed E-state index contributed by atoms with van der Waals surface area (Å²) in [5, 5.41) is 9.85. The summed E-state index contributed by atoms with van der Waals surface area (Å²) in [6, 6.07) is 15.5. The van der Waals surface area contributed by atoms with Crippen molar-refractivity contribution in [2.24, 2.45) is 0 Å². The van der Waals surface area contributed by atoms with Gasteiger partial charge in [-0.2, -0.15) is 5.26 Å². The first-order chi connectivity index (χ1) is 13.2. The van der Waals surface area contributed by atoms with Crippen molar-refractivity contribution in [3.63, 3.8) is 0 Å². The van der Waals surface area contributed by atoms with Gasteiger partial charge in [0.25, 0.3) is 0 Å². The van der Waals surface area contributed by atoms with E-state index in [4.69, 9.17) is 21.8 Å². The van der Waals surface area contributed by atoms with Gasteiger partial charge in [0.1, 0.15) is 11.6 Å². The predicted molar refractivity (Wildman–Crippen MR) is 107 cm³/mol. The Morgan fingerprint density at radius 2 is 2.07 bits per heavy atom. The molecule has 5 nitrogen and oxygen atoms in total. The zero-order valence-corrected chi connectivity index (χ0v) is 15.7. The van der Waals surface area contributed by atoms with Crippen LogP contribution in [0.15, 0.2) is 54.9 Å². The zero-order chi connectivity index (χ0) is 18.8. The number of aromatic nitrogens is 4. The molecule has 0 aliphatic carbocycles. The van der Waals surface area contributed by atoms with Crippen LogP contribution in [-0.4, -0.2) is 19.1 Å². The third-order valence-electron chi connectivity index (χ3n) is 4.51. The van der Waals surface area contributed by atoms with Gasteiger partial charge in [0.15, 0.2) is 0 Å². The van der Waals surface area contributed by atoms with E-state index in [0.29, 0.717) is 17.1 Å². The Morgan fingerprint density at radius 3 is 2.85 bits per heavy atom. The van der Waals surface area contributed by atoms with Gasteiger partial charge >= 0.3 is 0 Å². The third-order valence-corrected chi connectivity index (χ3v) is 4.75. The zero-order valence-electron chi connectivity index (χ0n) is 14.9. The van der Waals surface area contributed by atoms with Gasteiger partial charge in [-0.3, -0.25) is 0 Å². The number of halogens is 1. The molecule has 4 aromatic rings. The molecular weight excluding hydrogens is 358 g/mol. The third kappa shape index (κ3) is 3.32. The highest BCUT2D eigenvalue weighted by molar-refractivity contribution is 6.30. The molecule has 0 spiro atoms. The molecule has 2 heterocycles. The molecule has 2 aromatic carbocycles. The minimum atomic E-state index is 0.596. The van der Waals surface area contributed by atoms with Crippen molar-refractivity contribution in [1.82, 2.24) is 19.1 Å². The van der Waals surface area contributed by atoms with Gasteiger partial charge in [-0.25, -0.2) is 9.97 Å². The minimum Gasteiger partial charge on any atom is -0.326 e. The van der Waals surface area contributed by atoms with Gasteiger partial charge in [0.05, 0.1) is 29.2 Å². The summed E-state index contributed by atoms with van der Waals surface area (Å²) >= 11 is 6.14. The van der Waals surface area contributed by atoms with Crippen LogP contribution in [0.2, 0.25) is 5.02 Å². The lowest BCUT2D eigenvalue weighted by Crippen LogP contribution is -2.09. The van der Waals surface area contributed by atoms with Crippen LogP contribution in [0.25, 0.3) is 22.4 Å². The number of hydrogen-bond donors (Lipinski definition) is 0. The van der Waals surface area contributed by atoms with Crippen molar-refractivity contribution in [3.05, 3.63) is 71.3 Å². The number of nitrogens with zero attached hydrogens (tertiary/aromatic N) is 5. The first-order valence-electron chi connectivity index (χ1n) is 8.86. The summed E-state index contributed by atoms with van der Waals surface area (Å²) < 4.78 is 4.29. The fraction of sp³-hybridized carbons (Fsp3) is 0.190. The maximum absolute atomic E-state index is 9.16. The lowest BCUT2D eigenvalue weighted by atomic mass is 10.2.